The maximum Gasteiger partial charge on any atom is 0.256 e. The van der Waals surface area contributed by atoms with E-state index in [0.29, 0.717) is 29.1 Å². The molecule has 0 aliphatic carbocycles. The number of carbonyl (C=O) groups is 2. The number of rotatable bonds is 7. The summed E-state index contributed by atoms with van der Waals surface area (Å²) in [6.07, 6.45) is 1.76. The average molecular weight is 389 g/mol. The van der Waals surface area contributed by atoms with Crippen LogP contribution < -0.4 is 15.8 Å². The lowest BCUT2D eigenvalue weighted by Gasteiger charge is -2.12. The summed E-state index contributed by atoms with van der Waals surface area (Å²) in [7, 11) is 0. The first-order chi connectivity index (χ1) is 12.9. The highest BCUT2D eigenvalue weighted by Crippen LogP contribution is 2.29. The Morgan fingerprint density at radius 3 is 2.81 bits per heavy atom. The van der Waals surface area contributed by atoms with Crippen molar-refractivity contribution in [1.29, 1.82) is 0 Å². The topological polar surface area (TPSA) is 128 Å². The lowest BCUT2D eigenvalue weighted by Crippen LogP contribution is -2.46. The van der Waals surface area contributed by atoms with E-state index in [-0.39, 0.29) is 5.56 Å². The number of nitrogens with one attached hydrogen (secondary N) is 1. The Labute approximate surface area is 158 Å². The zero-order valence-corrected chi connectivity index (χ0v) is 15.6. The molecule has 8 nitrogen and oxygen atoms in total. The molecule has 2 aromatic heterocycles. The number of fused-ring (bicyclic) bond motifs is 1. The fourth-order valence-electron chi connectivity index (χ4n) is 2.63. The second-order valence-corrected chi connectivity index (χ2v) is 7.26. The maximum atomic E-state index is 12.6. The SMILES string of the molecule is Cc1ncc(COc2ccc3oc(C)c(C(=O)NC(CO)C(N)=O)c3c2)s1. The number of aliphatic hydroxyl groups excluding tert-OH is 1. The molecule has 0 fully saturated rings. The molecule has 9 heteroatoms. The molecule has 27 heavy (non-hydrogen) atoms. The summed E-state index contributed by atoms with van der Waals surface area (Å²) in [5, 5.41) is 13.1. The van der Waals surface area contributed by atoms with E-state index in [2.05, 4.69) is 10.3 Å². The van der Waals surface area contributed by atoms with Gasteiger partial charge in [-0.05, 0) is 32.0 Å². The van der Waals surface area contributed by atoms with E-state index in [0.717, 1.165) is 9.88 Å². The molecule has 0 saturated carbocycles. The number of aliphatic hydroxyl groups is 1. The van der Waals surface area contributed by atoms with Gasteiger partial charge in [0.05, 0.1) is 22.1 Å². The smallest absolute Gasteiger partial charge is 0.256 e. The van der Waals surface area contributed by atoms with Crippen LogP contribution in [-0.2, 0) is 11.4 Å². The summed E-state index contributed by atoms with van der Waals surface area (Å²) >= 11 is 1.55. The number of aromatic nitrogens is 1. The number of amides is 2. The van der Waals surface area contributed by atoms with Crippen LogP contribution >= 0.6 is 11.3 Å². The Morgan fingerprint density at radius 1 is 1.41 bits per heavy atom. The molecule has 2 amide bonds. The quantitative estimate of drug-likeness (QED) is 0.564. The summed E-state index contributed by atoms with van der Waals surface area (Å²) in [5.41, 5.74) is 5.94. The third-order valence-electron chi connectivity index (χ3n) is 3.94. The molecule has 0 spiro atoms. The van der Waals surface area contributed by atoms with Crippen LogP contribution in [0.5, 0.6) is 5.75 Å². The predicted octanol–water partition coefficient (Wildman–Crippen LogP) is 1.66. The van der Waals surface area contributed by atoms with Crippen LogP contribution in [0.25, 0.3) is 11.0 Å². The molecule has 4 N–H and O–H groups in total. The summed E-state index contributed by atoms with van der Waals surface area (Å²) in [6.45, 7) is 3.35. The number of furan rings is 1. The highest BCUT2D eigenvalue weighted by molar-refractivity contribution is 7.11. The van der Waals surface area contributed by atoms with Crippen molar-refractivity contribution < 1.29 is 23.8 Å². The third kappa shape index (κ3) is 4.09. The van der Waals surface area contributed by atoms with E-state index in [4.69, 9.17) is 14.9 Å². The zero-order valence-electron chi connectivity index (χ0n) is 14.8. The van der Waals surface area contributed by atoms with E-state index in [1.165, 1.54) is 0 Å². The third-order valence-corrected chi connectivity index (χ3v) is 4.83. The van der Waals surface area contributed by atoms with Crippen LogP contribution in [0, 0.1) is 13.8 Å². The normalized spacial score (nSPS) is 12.1. The number of aryl methyl sites for hydroxylation is 2. The van der Waals surface area contributed by atoms with Gasteiger partial charge in [0, 0.05) is 11.6 Å². The standard InChI is InChI=1S/C18H19N3O5S/c1-9-16(18(24)21-14(7-22)17(19)23)13-5-11(3-4-15(13)26-9)25-8-12-6-20-10(2)27-12/h3-6,14,22H,7-8H2,1-2H3,(H2,19,23)(H,21,24). The lowest BCUT2D eigenvalue weighted by molar-refractivity contribution is -0.120. The number of benzene rings is 1. The van der Waals surface area contributed by atoms with Crippen molar-refractivity contribution >= 4 is 34.1 Å². The molecule has 1 aromatic carbocycles. The predicted molar refractivity (Wildman–Crippen MR) is 99.7 cm³/mol. The number of ether oxygens (including phenoxy) is 1. The Balaban J connectivity index is 1.85. The van der Waals surface area contributed by atoms with Gasteiger partial charge in [-0.25, -0.2) is 4.98 Å². The van der Waals surface area contributed by atoms with Crippen LogP contribution in [0.1, 0.15) is 26.0 Å². The molecule has 0 radical (unpaired) electrons. The van der Waals surface area contributed by atoms with Gasteiger partial charge in [0.1, 0.15) is 29.7 Å². The lowest BCUT2D eigenvalue weighted by atomic mass is 10.1. The molecular formula is C18H19N3O5S. The molecular weight excluding hydrogens is 370 g/mol. The van der Waals surface area contributed by atoms with E-state index >= 15 is 0 Å². The summed E-state index contributed by atoms with van der Waals surface area (Å²) < 4.78 is 11.4. The summed E-state index contributed by atoms with van der Waals surface area (Å²) in [4.78, 5) is 29.0. The minimum atomic E-state index is -1.17. The Bertz CT molecular complexity index is 994. The minimum absolute atomic E-state index is 0.267. The van der Waals surface area contributed by atoms with Crippen molar-refractivity contribution in [2.45, 2.75) is 26.5 Å². The van der Waals surface area contributed by atoms with Crippen molar-refractivity contribution in [3.05, 3.63) is 45.6 Å². The number of hydrogen-bond donors (Lipinski definition) is 3. The second-order valence-electron chi connectivity index (χ2n) is 5.94. The van der Waals surface area contributed by atoms with Crippen molar-refractivity contribution in [2.24, 2.45) is 5.73 Å². The molecule has 3 aromatic rings. The van der Waals surface area contributed by atoms with Crippen LogP contribution in [0.2, 0.25) is 0 Å². The van der Waals surface area contributed by atoms with E-state index in [1.807, 2.05) is 6.92 Å². The van der Waals surface area contributed by atoms with Gasteiger partial charge >= 0.3 is 0 Å². The molecule has 0 saturated heterocycles. The van der Waals surface area contributed by atoms with Crippen molar-refractivity contribution in [1.82, 2.24) is 10.3 Å². The molecule has 1 unspecified atom stereocenters. The van der Waals surface area contributed by atoms with Crippen LogP contribution in [-0.4, -0.2) is 34.6 Å². The Kier molecular flexibility index (Phi) is 5.43. The van der Waals surface area contributed by atoms with Gasteiger partial charge in [-0.2, -0.15) is 0 Å². The molecule has 3 rings (SSSR count). The number of nitrogens with zero attached hydrogens (tertiary/aromatic N) is 1. The van der Waals surface area contributed by atoms with Crippen LogP contribution in [0.15, 0.2) is 28.8 Å². The van der Waals surface area contributed by atoms with Gasteiger partial charge in [0.25, 0.3) is 5.91 Å². The van der Waals surface area contributed by atoms with Crippen LogP contribution in [0.3, 0.4) is 0 Å². The van der Waals surface area contributed by atoms with Gasteiger partial charge in [0.15, 0.2) is 0 Å². The first kappa shape index (κ1) is 18.9. The van der Waals surface area contributed by atoms with Crippen molar-refractivity contribution in [2.75, 3.05) is 6.61 Å². The van der Waals surface area contributed by atoms with Gasteiger partial charge < -0.3 is 25.3 Å². The fraction of sp³-hybridized carbons (Fsp3) is 0.278. The first-order valence-corrected chi connectivity index (χ1v) is 8.99. The molecule has 142 valence electrons. The Morgan fingerprint density at radius 2 is 2.19 bits per heavy atom. The van der Waals surface area contributed by atoms with E-state index in [1.54, 1.807) is 42.7 Å². The highest BCUT2D eigenvalue weighted by Gasteiger charge is 2.23. The zero-order chi connectivity index (χ0) is 19.6. The van der Waals surface area contributed by atoms with Gasteiger partial charge in [-0.3, -0.25) is 9.59 Å². The average Bonchev–Trinajstić information content (AvgIpc) is 3.19. The number of nitrogens with two attached hydrogens (primary N) is 1. The summed E-state index contributed by atoms with van der Waals surface area (Å²) in [5.74, 6) is -0.421. The molecule has 1 atom stereocenters. The number of carbonyl (C=O) groups excluding carboxylic acids is 2. The largest absolute Gasteiger partial charge is 0.488 e. The fourth-order valence-corrected chi connectivity index (χ4v) is 3.34. The number of thiazole rings is 1. The van der Waals surface area contributed by atoms with Gasteiger partial charge in [-0.1, -0.05) is 0 Å². The minimum Gasteiger partial charge on any atom is -0.488 e. The molecule has 0 aliphatic rings. The van der Waals surface area contributed by atoms with Crippen molar-refractivity contribution in [3.8, 4) is 5.75 Å². The highest BCUT2D eigenvalue weighted by atomic mass is 32.1. The van der Waals surface area contributed by atoms with Crippen molar-refractivity contribution in [3.63, 3.8) is 0 Å². The van der Waals surface area contributed by atoms with Crippen LogP contribution in [0.4, 0.5) is 0 Å². The van der Waals surface area contributed by atoms with E-state index < -0.39 is 24.5 Å². The van der Waals surface area contributed by atoms with Gasteiger partial charge in [-0.15, -0.1) is 11.3 Å². The van der Waals surface area contributed by atoms with Gasteiger partial charge in [0.2, 0.25) is 5.91 Å². The molecule has 0 bridgehead atoms. The second kappa shape index (κ2) is 7.77. The van der Waals surface area contributed by atoms with E-state index in [9.17, 15) is 14.7 Å². The summed E-state index contributed by atoms with van der Waals surface area (Å²) in [6, 6.07) is 3.99. The monoisotopic (exact) mass is 389 g/mol. The number of primary amides is 1. The molecule has 0 aliphatic heterocycles. The Hall–Kier alpha value is -2.91. The number of hydrogen-bond acceptors (Lipinski definition) is 7. The maximum absolute atomic E-state index is 12.6. The first-order valence-electron chi connectivity index (χ1n) is 8.17. The molecule has 2 heterocycles.